The second-order valence-electron chi connectivity index (χ2n) is 5.33. The largest absolute Gasteiger partial charge is 0.438 e. The molecular weight excluding hydrogens is 320 g/mol. The van der Waals surface area contributed by atoms with Gasteiger partial charge in [-0.25, -0.2) is 4.98 Å². The van der Waals surface area contributed by atoms with Crippen molar-refractivity contribution < 1.29 is 14.1 Å². The van der Waals surface area contributed by atoms with Gasteiger partial charge in [-0.3, -0.25) is 4.79 Å². The quantitative estimate of drug-likeness (QED) is 0.782. The van der Waals surface area contributed by atoms with Gasteiger partial charge in [0.2, 0.25) is 11.6 Å². The maximum absolute atomic E-state index is 12.1. The standard InChI is InChI=1S/C18H14N4O3/c1-11-8-14(24-18-13(10-19)4-3-7-20-18)5-6-15(11)21-17(23)16-9-12(2)22-25-16/h3-9H,1-2H3,(H,21,23). The van der Waals surface area contributed by atoms with E-state index in [0.29, 0.717) is 22.7 Å². The third kappa shape index (κ3) is 3.64. The Kier molecular flexibility index (Phi) is 4.44. The number of nitrogens with zero attached hydrogens (tertiary/aromatic N) is 3. The van der Waals surface area contributed by atoms with Crippen molar-refractivity contribution >= 4 is 11.6 Å². The molecule has 2 aromatic heterocycles. The van der Waals surface area contributed by atoms with Gasteiger partial charge in [-0.1, -0.05) is 5.16 Å². The zero-order valence-electron chi connectivity index (χ0n) is 13.6. The highest BCUT2D eigenvalue weighted by molar-refractivity contribution is 6.02. The van der Waals surface area contributed by atoms with E-state index in [2.05, 4.69) is 15.5 Å². The Morgan fingerprint density at radius 1 is 1.28 bits per heavy atom. The molecule has 0 saturated carbocycles. The van der Waals surface area contributed by atoms with Gasteiger partial charge < -0.3 is 14.6 Å². The molecule has 0 bridgehead atoms. The number of hydrogen-bond acceptors (Lipinski definition) is 6. The number of benzene rings is 1. The topological polar surface area (TPSA) is 101 Å². The Balaban J connectivity index is 1.77. The van der Waals surface area contributed by atoms with Gasteiger partial charge in [-0.15, -0.1) is 0 Å². The maximum Gasteiger partial charge on any atom is 0.294 e. The minimum absolute atomic E-state index is 0.143. The summed E-state index contributed by atoms with van der Waals surface area (Å²) in [5.74, 6) is 0.512. The highest BCUT2D eigenvalue weighted by Gasteiger charge is 2.13. The molecule has 2 heterocycles. The van der Waals surface area contributed by atoms with Crippen LogP contribution in [-0.4, -0.2) is 16.0 Å². The van der Waals surface area contributed by atoms with E-state index in [4.69, 9.17) is 14.5 Å². The summed E-state index contributed by atoms with van der Waals surface area (Å²) in [7, 11) is 0. The molecule has 0 aliphatic heterocycles. The molecule has 7 heteroatoms. The first kappa shape index (κ1) is 16.2. The lowest BCUT2D eigenvalue weighted by molar-refractivity contribution is 0.0987. The molecule has 124 valence electrons. The molecule has 0 aliphatic carbocycles. The van der Waals surface area contributed by atoms with Gasteiger partial charge in [0.05, 0.1) is 5.69 Å². The lowest BCUT2D eigenvalue weighted by Crippen LogP contribution is -2.11. The van der Waals surface area contributed by atoms with Gasteiger partial charge in [0.1, 0.15) is 17.4 Å². The zero-order valence-corrected chi connectivity index (χ0v) is 13.6. The van der Waals surface area contributed by atoms with Crippen molar-refractivity contribution in [1.82, 2.24) is 10.1 Å². The lowest BCUT2D eigenvalue weighted by Gasteiger charge is -2.10. The van der Waals surface area contributed by atoms with Gasteiger partial charge in [0.25, 0.3) is 5.91 Å². The minimum Gasteiger partial charge on any atom is -0.438 e. The third-order valence-electron chi connectivity index (χ3n) is 3.40. The fourth-order valence-corrected chi connectivity index (χ4v) is 2.16. The fourth-order valence-electron chi connectivity index (χ4n) is 2.16. The van der Waals surface area contributed by atoms with E-state index in [9.17, 15) is 4.79 Å². The second kappa shape index (κ2) is 6.84. The molecule has 0 aliphatic rings. The van der Waals surface area contributed by atoms with E-state index in [0.717, 1.165) is 5.56 Å². The highest BCUT2D eigenvalue weighted by atomic mass is 16.5. The Morgan fingerprint density at radius 2 is 2.12 bits per heavy atom. The first-order chi connectivity index (χ1) is 12.1. The summed E-state index contributed by atoms with van der Waals surface area (Å²) in [5, 5.41) is 15.5. The molecule has 7 nitrogen and oxygen atoms in total. The molecule has 1 aromatic carbocycles. The number of hydrogen-bond donors (Lipinski definition) is 1. The number of ether oxygens (including phenoxy) is 1. The van der Waals surface area contributed by atoms with Crippen molar-refractivity contribution in [3.05, 3.63) is 65.2 Å². The van der Waals surface area contributed by atoms with Crippen molar-refractivity contribution in [3.8, 4) is 17.7 Å². The fraction of sp³-hybridized carbons (Fsp3) is 0.111. The monoisotopic (exact) mass is 334 g/mol. The molecule has 0 radical (unpaired) electrons. The summed E-state index contributed by atoms with van der Waals surface area (Å²) in [6.07, 6.45) is 1.55. The van der Waals surface area contributed by atoms with Crippen LogP contribution in [0.2, 0.25) is 0 Å². The van der Waals surface area contributed by atoms with E-state index >= 15 is 0 Å². The number of nitriles is 1. The molecule has 0 saturated heterocycles. The van der Waals surface area contributed by atoms with Crippen molar-refractivity contribution in [2.45, 2.75) is 13.8 Å². The Labute approximate surface area is 143 Å². The second-order valence-corrected chi connectivity index (χ2v) is 5.33. The molecule has 0 unspecified atom stereocenters. The molecule has 3 rings (SSSR count). The lowest BCUT2D eigenvalue weighted by atomic mass is 10.2. The summed E-state index contributed by atoms with van der Waals surface area (Å²) in [6, 6.07) is 12.0. The Morgan fingerprint density at radius 3 is 2.80 bits per heavy atom. The van der Waals surface area contributed by atoms with Crippen LogP contribution in [0.4, 0.5) is 5.69 Å². The van der Waals surface area contributed by atoms with Crippen LogP contribution in [0.5, 0.6) is 11.6 Å². The molecule has 0 atom stereocenters. The number of carbonyl (C=O) groups excluding carboxylic acids is 1. The maximum atomic E-state index is 12.1. The van der Waals surface area contributed by atoms with Gasteiger partial charge in [-0.05, 0) is 49.7 Å². The van der Waals surface area contributed by atoms with Crippen LogP contribution in [0, 0.1) is 25.2 Å². The van der Waals surface area contributed by atoms with Gasteiger partial charge in [0.15, 0.2) is 0 Å². The van der Waals surface area contributed by atoms with E-state index in [1.807, 2.05) is 13.0 Å². The predicted molar refractivity (Wildman–Crippen MR) is 89.4 cm³/mol. The van der Waals surface area contributed by atoms with Crippen LogP contribution in [-0.2, 0) is 0 Å². The summed E-state index contributed by atoms with van der Waals surface area (Å²) in [6.45, 7) is 3.57. The van der Waals surface area contributed by atoms with E-state index in [1.165, 1.54) is 0 Å². The number of nitrogens with one attached hydrogen (secondary N) is 1. The average molecular weight is 334 g/mol. The summed E-state index contributed by atoms with van der Waals surface area (Å²) in [5.41, 5.74) is 2.39. The molecule has 0 fully saturated rings. The van der Waals surface area contributed by atoms with E-state index < -0.39 is 0 Å². The number of aromatic nitrogens is 2. The third-order valence-corrected chi connectivity index (χ3v) is 3.40. The van der Waals surface area contributed by atoms with Crippen molar-refractivity contribution in [1.29, 1.82) is 5.26 Å². The number of anilines is 1. The number of carbonyl (C=O) groups is 1. The van der Waals surface area contributed by atoms with Gasteiger partial charge >= 0.3 is 0 Å². The predicted octanol–water partition coefficient (Wildman–Crippen LogP) is 3.60. The average Bonchev–Trinajstić information content (AvgIpc) is 3.04. The van der Waals surface area contributed by atoms with Crippen molar-refractivity contribution in [2.24, 2.45) is 0 Å². The number of pyridine rings is 1. The molecular formula is C18H14N4O3. The summed E-state index contributed by atoms with van der Waals surface area (Å²) < 4.78 is 10.6. The van der Waals surface area contributed by atoms with Crippen molar-refractivity contribution in [2.75, 3.05) is 5.32 Å². The van der Waals surface area contributed by atoms with Crippen LogP contribution in [0.1, 0.15) is 27.4 Å². The Bertz CT molecular complexity index is 972. The van der Waals surface area contributed by atoms with Crippen LogP contribution in [0.15, 0.2) is 47.1 Å². The molecule has 0 spiro atoms. The van der Waals surface area contributed by atoms with Crippen LogP contribution >= 0.6 is 0 Å². The number of rotatable bonds is 4. The SMILES string of the molecule is Cc1cc(C(=O)Nc2ccc(Oc3ncccc3C#N)cc2C)on1. The van der Waals surface area contributed by atoms with Crippen LogP contribution < -0.4 is 10.1 Å². The molecule has 3 aromatic rings. The highest BCUT2D eigenvalue weighted by Crippen LogP contribution is 2.27. The Hall–Kier alpha value is -3.66. The first-order valence-electron chi connectivity index (χ1n) is 7.45. The smallest absolute Gasteiger partial charge is 0.294 e. The van der Waals surface area contributed by atoms with E-state index in [1.54, 1.807) is 49.5 Å². The first-order valence-corrected chi connectivity index (χ1v) is 7.45. The molecule has 1 amide bonds. The minimum atomic E-state index is -0.381. The molecule has 25 heavy (non-hydrogen) atoms. The zero-order chi connectivity index (χ0) is 17.8. The number of aryl methyl sites for hydroxylation is 2. The van der Waals surface area contributed by atoms with Gasteiger partial charge in [-0.2, -0.15) is 5.26 Å². The van der Waals surface area contributed by atoms with Crippen molar-refractivity contribution in [3.63, 3.8) is 0 Å². The summed E-state index contributed by atoms with van der Waals surface area (Å²) >= 11 is 0. The number of amides is 1. The van der Waals surface area contributed by atoms with Crippen LogP contribution in [0.3, 0.4) is 0 Å². The normalized spacial score (nSPS) is 10.1. The summed E-state index contributed by atoms with van der Waals surface area (Å²) in [4.78, 5) is 16.2. The van der Waals surface area contributed by atoms with Crippen LogP contribution in [0.25, 0.3) is 0 Å². The van der Waals surface area contributed by atoms with Gasteiger partial charge in [0, 0.05) is 18.0 Å². The molecule has 1 N–H and O–H groups in total. The van der Waals surface area contributed by atoms with E-state index in [-0.39, 0.29) is 17.5 Å².